The number of allylic oxidation sites excluding steroid dienone is 1. The molecule has 10 heteroatoms. The number of carbonyl (C=O) groups excluding carboxylic acids is 2. The number of anilines is 3. The second-order valence-electron chi connectivity index (χ2n) is 8.17. The number of halogens is 1. The first-order chi connectivity index (χ1) is 18.3. The van der Waals surface area contributed by atoms with E-state index < -0.39 is 18.3 Å². The Morgan fingerprint density at radius 2 is 1.87 bits per heavy atom. The highest BCUT2D eigenvalue weighted by Crippen LogP contribution is 2.34. The minimum absolute atomic E-state index is 0.0426. The monoisotopic (exact) mass is 626 g/mol. The summed E-state index contributed by atoms with van der Waals surface area (Å²) in [6, 6.07) is 20.3. The van der Waals surface area contributed by atoms with Crippen LogP contribution in [0.25, 0.3) is 0 Å². The summed E-state index contributed by atoms with van der Waals surface area (Å²) in [5, 5.41) is 24.8. The zero-order valence-corrected chi connectivity index (χ0v) is 22.7. The summed E-state index contributed by atoms with van der Waals surface area (Å²) in [6.07, 6.45) is 1.56. The number of nitrogens with zero attached hydrogens (tertiary/aromatic N) is 1. The van der Waals surface area contributed by atoms with Gasteiger partial charge in [-0.25, -0.2) is 4.79 Å². The molecule has 0 aromatic heterocycles. The van der Waals surface area contributed by atoms with Crippen molar-refractivity contribution < 1.29 is 24.2 Å². The Balaban J connectivity index is 1.70. The van der Waals surface area contributed by atoms with E-state index in [4.69, 9.17) is 20.5 Å². The third kappa shape index (κ3) is 8.22. The maximum absolute atomic E-state index is 12.8. The molecule has 0 aliphatic carbocycles. The highest BCUT2D eigenvalue weighted by atomic mass is 127. The number of hydrogen-bond acceptors (Lipinski definition) is 7. The van der Waals surface area contributed by atoms with E-state index in [1.165, 1.54) is 19.3 Å². The van der Waals surface area contributed by atoms with Crippen LogP contribution in [-0.2, 0) is 14.3 Å². The topological polar surface area (TPSA) is 147 Å². The molecular weight excluding hydrogens is 599 g/mol. The number of amides is 2. The molecule has 2 amide bonds. The van der Waals surface area contributed by atoms with Crippen LogP contribution in [0.2, 0.25) is 0 Å². The van der Waals surface area contributed by atoms with Crippen LogP contribution in [0.1, 0.15) is 30.1 Å². The normalized spacial score (nSPS) is 12.3. The van der Waals surface area contributed by atoms with Crippen molar-refractivity contribution in [3.63, 3.8) is 0 Å². The maximum Gasteiger partial charge on any atom is 0.412 e. The largest absolute Gasteiger partial charge is 0.508 e. The summed E-state index contributed by atoms with van der Waals surface area (Å²) in [5.41, 5.74) is 8.13. The number of hydrogen-bond donors (Lipinski definition) is 4. The van der Waals surface area contributed by atoms with Gasteiger partial charge in [0.1, 0.15) is 5.75 Å². The molecule has 9 nitrogen and oxygen atoms in total. The first kappa shape index (κ1) is 28.5. The number of benzene rings is 3. The SMILES string of the molecule is CO[C@H](CC/C=C/C(=O)Nc1ccccc1N)[C@H](OC(=O)Nc1ccc(C#N)cc1)c1cc(I)ccc1O. The molecule has 5 N–H and O–H groups in total. The Labute approximate surface area is 234 Å². The Kier molecular flexibility index (Phi) is 10.5. The summed E-state index contributed by atoms with van der Waals surface area (Å²) in [7, 11) is 1.49. The van der Waals surface area contributed by atoms with E-state index >= 15 is 0 Å². The molecule has 0 aliphatic heterocycles. The third-order valence-electron chi connectivity index (χ3n) is 5.54. The predicted molar refractivity (Wildman–Crippen MR) is 153 cm³/mol. The van der Waals surface area contributed by atoms with Gasteiger partial charge in [0.15, 0.2) is 6.10 Å². The molecule has 3 aromatic rings. The van der Waals surface area contributed by atoms with Gasteiger partial charge >= 0.3 is 6.09 Å². The van der Waals surface area contributed by atoms with E-state index in [1.807, 2.05) is 6.07 Å². The van der Waals surface area contributed by atoms with Crippen LogP contribution < -0.4 is 16.4 Å². The average molecular weight is 626 g/mol. The van der Waals surface area contributed by atoms with Gasteiger partial charge in [-0.05, 0) is 96.1 Å². The molecule has 2 atom stereocenters. The number of carbonyl (C=O) groups is 2. The molecule has 0 radical (unpaired) electrons. The van der Waals surface area contributed by atoms with Crippen molar-refractivity contribution in [1.82, 2.24) is 0 Å². The number of methoxy groups -OCH3 is 1. The van der Waals surface area contributed by atoms with E-state index in [9.17, 15) is 14.7 Å². The standard InChI is InChI=1S/C28H27IN4O5/c1-37-25(8-4-5-9-26(35)33-23-7-3-2-6-22(23)31)27(21-16-19(29)12-15-24(21)34)38-28(36)32-20-13-10-18(17-30)11-14-20/h2-3,5-7,9-16,25,27,34H,4,8,31H2,1H3,(H,32,36)(H,33,35)/b9-5+/t25-,27-/m1/s1. The van der Waals surface area contributed by atoms with Crippen molar-refractivity contribution in [2.45, 2.75) is 25.0 Å². The van der Waals surface area contributed by atoms with Crippen molar-refractivity contribution in [3.05, 3.63) is 93.6 Å². The van der Waals surface area contributed by atoms with E-state index in [0.29, 0.717) is 41.0 Å². The number of phenols is 1. The van der Waals surface area contributed by atoms with E-state index in [1.54, 1.807) is 66.7 Å². The Morgan fingerprint density at radius 1 is 1.13 bits per heavy atom. The lowest BCUT2D eigenvalue weighted by molar-refractivity contribution is -0.111. The minimum Gasteiger partial charge on any atom is -0.508 e. The first-order valence-corrected chi connectivity index (χ1v) is 12.7. The number of nitrogens with one attached hydrogen (secondary N) is 2. The minimum atomic E-state index is -0.945. The van der Waals surface area contributed by atoms with Crippen molar-refractivity contribution in [2.24, 2.45) is 0 Å². The van der Waals surface area contributed by atoms with Crippen LogP contribution in [0.4, 0.5) is 21.9 Å². The zero-order valence-electron chi connectivity index (χ0n) is 20.6. The number of nitriles is 1. The predicted octanol–water partition coefficient (Wildman–Crippen LogP) is 5.73. The summed E-state index contributed by atoms with van der Waals surface area (Å²) in [5.74, 6) is -0.374. The summed E-state index contributed by atoms with van der Waals surface area (Å²) in [4.78, 5) is 25.0. The quantitative estimate of drug-likeness (QED) is 0.128. The molecule has 3 rings (SSSR count). The van der Waals surface area contributed by atoms with Crippen LogP contribution >= 0.6 is 22.6 Å². The van der Waals surface area contributed by atoms with Gasteiger partial charge in [-0.2, -0.15) is 5.26 Å². The van der Waals surface area contributed by atoms with E-state index in [0.717, 1.165) is 3.57 Å². The van der Waals surface area contributed by atoms with Crippen molar-refractivity contribution in [1.29, 1.82) is 5.26 Å². The van der Waals surface area contributed by atoms with Crippen LogP contribution in [0.5, 0.6) is 5.75 Å². The van der Waals surface area contributed by atoms with Crippen molar-refractivity contribution in [2.75, 3.05) is 23.5 Å². The van der Waals surface area contributed by atoms with Gasteiger partial charge in [0.2, 0.25) is 5.91 Å². The molecule has 3 aromatic carbocycles. The fraction of sp³-hybridized carbons (Fsp3) is 0.179. The highest BCUT2D eigenvalue weighted by Gasteiger charge is 2.29. The van der Waals surface area contributed by atoms with Gasteiger partial charge in [0.25, 0.3) is 0 Å². The van der Waals surface area contributed by atoms with E-state index in [-0.39, 0.29) is 11.7 Å². The highest BCUT2D eigenvalue weighted by molar-refractivity contribution is 14.1. The van der Waals surface area contributed by atoms with Gasteiger partial charge in [-0.1, -0.05) is 18.2 Å². The van der Waals surface area contributed by atoms with Gasteiger partial charge in [-0.3, -0.25) is 10.1 Å². The number of aromatic hydroxyl groups is 1. The van der Waals surface area contributed by atoms with Crippen LogP contribution in [-0.4, -0.2) is 30.3 Å². The molecule has 0 aliphatic rings. The molecule has 0 bridgehead atoms. The molecule has 0 heterocycles. The molecule has 196 valence electrons. The average Bonchev–Trinajstić information content (AvgIpc) is 2.91. The zero-order chi connectivity index (χ0) is 27.5. The molecule has 0 fully saturated rings. The second kappa shape index (κ2) is 14.0. The van der Waals surface area contributed by atoms with E-state index in [2.05, 4.69) is 33.2 Å². The van der Waals surface area contributed by atoms with Crippen molar-refractivity contribution in [3.8, 4) is 11.8 Å². The van der Waals surface area contributed by atoms with Crippen LogP contribution in [0.15, 0.2) is 78.9 Å². The Morgan fingerprint density at radius 3 is 2.55 bits per heavy atom. The molecular formula is C28H27IN4O5. The molecule has 38 heavy (non-hydrogen) atoms. The summed E-state index contributed by atoms with van der Waals surface area (Å²) in [6.45, 7) is 0. The lowest BCUT2D eigenvalue weighted by Gasteiger charge is -2.27. The lowest BCUT2D eigenvalue weighted by Crippen LogP contribution is -2.28. The smallest absolute Gasteiger partial charge is 0.412 e. The van der Waals surface area contributed by atoms with Gasteiger partial charge in [0.05, 0.1) is 29.1 Å². The summed E-state index contributed by atoms with van der Waals surface area (Å²) >= 11 is 2.10. The first-order valence-electron chi connectivity index (χ1n) is 11.6. The van der Waals surface area contributed by atoms with Crippen LogP contribution in [0, 0.1) is 14.9 Å². The van der Waals surface area contributed by atoms with Gasteiger partial charge in [0, 0.05) is 21.9 Å². The number of para-hydroxylation sites is 2. The van der Waals surface area contributed by atoms with Crippen molar-refractivity contribution >= 4 is 51.7 Å². The number of nitrogen functional groups attached to an aromatic ring is 1. The third-order valence-corrected chi connectivity index (χ3v) is 6.21. The maximum atomic E-state index is 12.8. The second-order valence-corrected chi connectivity index (χ2v) is 9.42. The number of phenolic OH excluding ortho intramolecular Hbond substituents is 1. The number of ether oxygens (including phenoxy) is 2. The fourth-order valence-electron chi connectivity index (χ4n) is 3.61. The van der Waals surface area contributed by atoms with Gasteiger partial charge in [-0.15, -0.1) is 0 Å². The molecule has 0 unspecified atom stereocenters. The fourth-order valence-corrected chi connectivity index (χ4v) is 4.13. The van der Waals surface area contributed by atoms with Gasteiger partial charge < -0.3 is 25.6 Å². The molecule has 0 saturated heterocycles. The molecule has 0 spiro atoms. The summed E-state index contributed by atoms with van der Waals surface area (Å²) < 4.78 is 12.2. The van der Waals surface area contributed by atoms with Crippen LogP contribution in [0.3, 0.4) is 0 Å². The lowest BCUT2D eigenvalue weighted by atomic mass is 9.99. The number of nitrogens with two attached hydrogens (primary N) is 1. The Bertz CT molecular complexity index is 1340. The Hall–Kier alpha value is -4.08. The number of rotatable bonds is 10. The molecule has 0 saturated carbocycles.